The fraction of sp³-hybridized carbons (Fsp3) is 0.333. The van der Waals surface area contributed by atoms with E-state index >= 15 is 0 Å². The number of halogens is 2. The third-order valence-electron chi connectivity index (χ3n) is 6.71. The normalized spacial score (nSPS) is 11.2. The zero-order valence-corrected chi connectivity index (χ0v) is 29.7. The molecule has 0 saturated heterocycles. The van der Waals surface area contributed by atoms with Gasteiger partial charge in [0.15, 0.2) is 0 Å². The van der Waals surface area contributed by atoms with E-state index in [2.05, 4.69) is 102 Å². The molecule has 0 unspecified atom stereocenters. The van der Waals surface area contributed by atoms with Gasteiger partial charge in [-0.15, -0.1) is 0 Å². The molecular formula is C36H44Cl2N4Ti. The van der Waals surface area contributed by atoms with Crippen molar-refractivity contribution in [3.05, 3.63) is 119 Å². The van der Waals surface area contributed by atoms with Gasteiger partial charge in [-0.25, -0.2) is 0 Å². The molecule has 0 saturated carbocycles. The first-order valence-electron chi connectivity index (χ1n) is 14.7. The summed E-state index contributed by atoms with van der Waals surface area (Å²) >= 11 is -0.556. The van der Waals surface area contributed by atoms with Crippen LogP contribution in [0, 0.1) is 0 Å². The number of aliphatic imine (C=N–C) groups is 2. The minimum atomic E-state index is -0.556. The van der Waals surface area contributed by atoms with Crippen LogP contribution in [0.2, 0.25) is 0 Å². The number of hydrogen-bond donors (Lipinski definition) is 0. The van der Waals surface area contributed by atoms with Crippen molar-refractivity contribution in [3.63, 3.8) is 0 Å². The predicted octanol–water partition coefficient (Wildman–Crippen LogP) is 11.5. The first-order valence-corrected chi connectivity index (χ1v) is 19.0. The van der Waals surface area contributed by atoms with Crippen LogP contribution >= 0.6 is 18.6 Å². The van der Waals surface area contributed by atoms with Gasteiger partial charge in [0.25, 0.3) is 0 Å². The summed E-state index contributed by atoms with van der Waals surface area (Å²) in [6.45, 7) is 17.7. The summed E-state index contributed by atoms with van der Waals surface area (Å²) in [5.41, 5.74) is 9.16. The second-order valence-corrected chi connectivity index (χ2v) is 13.9. The van der Waals surface area contributed by atoms with Crippen LogP contribution in [0.15, 0.2) is 95.2 Å². The van der Waals surface area contributed by atoms with Crippen LogP contribution in [0.25, 0.3) is 0 Å². The molecule has 0 aliphatic heterocycles. The molecule has 226 valence electrons. The number of rotatable bonds is 8. The second kappa shape index (κ2) is 19.6. The predicted molar refractivity (Wildman–Crippen MR) is 184 cm³/mol. The summed E-state index contributed by atoms with van der Waals surface area (Å²) in [5.74, 6) is 1.85. The molecule has 4 nitrogen and oxygen atoms in total. The minimum absolute atomic E-state index is 0.463. The number of benzene rings is 2. The van der Waals surface area contributed by atoms with Gasteiger partial charge in [0.1, 0.15) is 0 Å². The van der Waals surface area contributed by atoms with E-state index in [9.17, 15) is 0 Å². The Bertz CT molecular complexity index is 1260. The van der Waals surface area contributed by atoms with Gasteiger partial charge in [0.05, 0.1) is 35.2 Å². The number of aromatic nitrogens is 2. The summed E-state index contributed by atoms with van der Waals surface area (Å²) in [4.78, 5) is 18.0. The summed E-state index contributed by atoms with van der Waals surface area (Å²) < 4.78 is 0. The van der Waals surface area contributed by atoms with Crippen molar-refractivity contribution < 1.29 is 17.0 Å². The molecule has 0 fully saturated rings. The maximum atomic E-state index is 4.89. The molecule has 0 atom stereocenters. The quantitative estimate of drug-likeness (QED) is 0.141. The zero-order chi connectivity index (χ0) is 31.8. The maximum absolute atomic E-state index is 4.89. The molecular weight excluding hydrogens is 607 g/mol. The standard InChI is InChI=1S/2C18H22N2.2ClH.Ti/c2*1-13(2)16-9-7-10-17(14(3)4)18(16)20-12-15-8-5-6-11-19-15;;;/h2*5-14H,1-4H3;2*1H;/q;;;;+2/p-2. The average molecular weight is 652 g/mol. The van der Waals surface area contributed by atoms with E-state index in [0.29, 0.717) is 23.7 Å². The Morgan fingerprint density at radius 3 is 1.05 bits per heavy atom. The number of hydrogen-bond acceptors (Lipinski definition) is 4. The molecule has 4 aromatic rings. The molecule has 43 heavy (non-hydrogen) atoms. The molecule has 2 heterocycles. The molecule has 2 aromatic carbocycles. The first kappa shape index (κ1) is 36.6. The number of nitrogens with zero attached hydrogens (tertiary/aromatic N) is 4. The van der Waals surface area contributed by atoms with E-state index in [1.807, 2.05) is 48.8 Å². The van der Waals surface area contributed by atoms with Crippen molar-refractivity contribution >= 4 is 42.4 Å². The molecule has 0 bridgehead atoms. The van der Waals surface area contributed by atoms with E-state index in [-0.39, 0.29) is 0 Å². The van der Waals surface area contributed by atoms with Gasteiger partial charge in [-0.05, 0) is 70.2 Å². The van der Waals surface area contributed by atoms with Crippen molar-refractivity contribution in [3.8, 4) is 0 Å². The fourth-order valence-electron chi connectivity index (χ4n) is 4.49. The van der Waals surface area contributed by atoms with Gasteiger partial charge in [0.2, 0.25) is 0 Å². The van der Waals surface area contributed by atoms with E-state index < -0.39 is 17.0 Å². The Labute approximate surface area is 275 Å². The molecule has 2 aromatic heterocycles. The van der Waals surface area contributed by atoms with Gasteiger partial charge in [0, 0.05) is 12.4 Å². The van der Waals surface area contributed by atoms with Crippen molar-refractivity contribution in [2.75, 3.05) is 0 Å². The van der Waals surface area contributed by atoms with Crippen LogP contribution in [-0.2, 0) is 17.0 Å². The van der Waals surface area contributed by atoms with Crippen LogP contribution in [0.1, 0.15) is 113 Å². The molecule has 7 heteroatoms. The Hall–Kier alpha value is -2.63. The Morgan fingerprint density at radius 2 is 0.814 bits per heavy atom. The number of para-hydroxylation sites is 2. The summed E-state index contributed by atoms with van der Waals surface area (Å²) in [7, 11) is 9.78. The van der Waals surface area contributed by atoms with Crippen LogP contribution in [0.4, 0.5) is 11.4 Å². The monoisotopic (exact) mass is 650 g/mol. The van der Waals surface area contributed by atoms with E-state index in [1.165, 1.54) is 22.3 Å². The van der Waals surface area contributed by atoms with Crippen molar-refractivity contribution in [2.45, 2.75) is 79.1 Å². The Morgan fingerprint density at radius 1 is 0.512 bits per heavy atom. The summed E-state index contributed by atoms with van der Waals surface area (Å²) in [6.07, 6.45) is 7.29. The molecule has 0 aliphatic rings. The van der Waals surface area contributed by atoms with Crippen molar-refractivity contribution in [1.29, 1.82) is 0 Å². The molecule has 4 rings (SSSR count). The van der Waals surface area contributed by atoms with Gasteiger partial charge < -0.3 is 0 Å². The third-order valence-corrected chi connectivity index (χ3v) is 6.71. The fourth-order valence-corrected chi connectivity index (χ4v) is 4.49. The topological polar surface area (TPSA) is 50.5 Å². The Kier molecular flexibility index (Phi) is 16.7. The van der Waals surface area contributed by atoms with E-state index in [1.54, 1.807) is 12.4 Å². The van der Waals surface area contributed by atoms with Crippen LogP contribution in [0.5, 0.6) is 0 Å². The van der Waals surface area contributed by atoms with Crippen molar-refractivity contribution in [1.82, 2.24) is 9.97 Å². The number of pyridine rings is 2. The summed E-state index contributed by atoms with van der Waals surface area (Å²) in [5, 5.41) is 0. The summed E-state index contributed by atoms with van der Waals surface area (Å²) in [6, 6.07) is 24.7. The molecule has 0 radical (unpaired) electrons. The van der Waals surface area contributed by atoms with Crippen molar-refractivity contribution in [2.24, 2.45) is 9.98 Å². The molecule has 0 N–H and O–H groups in total. The first-order chi connectivity index (χ1) is 20.6. The Balaban J connectivity index is 0.000000275. The van der Waals surface area contributed by atoms with E-state index in [4.69, 9.17) is 28.6 Å². The van der Waals surface area contributed by atoms with Crippen LogP contribution in [0.3, 0.4) is 0 Å². The average Bonchev–Trinajstić information content (AvgIpc) is 3.00. The van der Waals surface area contributed by atoms with Gasteiger partial charge >= 0.3 is 35.6 Å². The molecule has 0 amide bonds. The third kappa shape index (κ3) is 12.1. The van der Waals surface area contributed by atoms with Gasteiger partial charge in [-0.2, -0.15) is 0 Å². The van der Waals surface area contributed by atoms with Crippen LogP contribution in [-0.4, -0.2) is 22.4 Å². The van der Waals surface area contributed by atoms with Gasteiger partial charge in [-0.1, -0.05) is 104 Å². The second-order valence-electron chi connectivity index (χ2n) is 11.3. The SMILES string of the molecule is CC(C)c1cccc(C(C)C)c1N=Cc1ccccn1.CC(C)c1cccc(C(C)C)c1N=Cc1ccccn1.[Cl][Ti][Cl]. The molecule has 0 spiro atoms. The van der Waals surface area contributed by atoms with E-state index in [0.717, 1.165) is 22.8 Å². The van der Waals surface area contributed by atoms with Gasteiger partial charge in [-0.3, -0.25) is 20.0 Å². The molecule has 0 aliphatic carbocycles. The van der Waals surface area contributed by atoms with Crippen LogP contribution < -0.4 is 0 Å². The zero-order valence-electron chi connectivity index (χ0n) is 26.6.